The molecule has 0 fully saturated rings. The normalized spacial score (nSPS) is 12.1. The van der Waals surface area contributed by atoms with Crippen LogP contribution in [0.25, 0.3) is 72.1 Å². The molecule has 43 heavy (non-hydrogen) atoms. The molecular formula is C37H21Br3N3+. The summed E-state index contributed by atoms with van der Waals surface area (Å²) < 4.78 is 10.5. The van der Waals surface area contributed by atoms with E-state index in [0.717, 1.165) is 30.5 Å². The van der Waals surface area contributed by atoms with Gasteiger partial charge in [0.1, 0.15) is 0 Å². The van der Waals surface area contributed by atoms with Crippen molar-refractivity contribution in [3.63, 3.8) is 0 Å². The van der Waals surface area contributed by atoms with Crippen LogP contribution in [0.3, 0.4) is 0 Å². The van der Waals surface area contributed by atoms with E-state index in [1.165, 1.54) is 55.0 Å². The third-order valence-corrected chi connectivity index (χ3v) is 10.1. The van der Waals surface area contributed by atoms with Gasteiger partial charge in [-0.2, -0.15) is 4.57 Å². The van der Waals surface area contributed by atoms with E-state index < -0.39 is 0 Å². The number of pyridine rings is 3. The molecule has 0 radical (unpaired) electrons. The number of nitrogens with zero attached hydrogens (tertiary/aromatic N) is 3. The summed E-state index contributed by atoms with van der Waals surface area (Å²) in [5.41, 5.74) is 13.0. The average Bonchev–Trinajstić information content (AvgIpc) is 3.03. The van der Waals surface area contributed by atoms with Crippen molar-refractivity contribution < 1.29 is 4.57 Å². The van der Waals surface area contributed by atoms with Crippen LogP contribution < -0.4 is 4.57 Å². The zero-order chi connectivity index (χ0) is 28.8. The first-order chi connectivity index (χ1) is 21.1. The lowest BCUT2D eigenvalue weighted by atomic mass is 9.88. The van der Waals surface area contributed by atoms with Crippen LogP contribution >= 0.6 is 47.8 Å². The Hall–Kier alpha value is -3.97. The quantitative estimate of drug-likeness (QED) is 0.0971. The maximum absolute atomic E-state index is 3.65. The predicted molar refractivity (Wildman–Crippen MR) is 188 cm³/mol. The molecule has 3 heterocycles. The lowest BCUT2D eigenvalue weighted by Crippen LogP contribution is -2.33. The van der Waals surface area contributed by atoms with Crippen LogP contribution in [0.1, 0.15) is 0 Å². The molecule has 1 aromatic heterocycles. The molecule has 3 nitrogen and oxygen atoms in total. The number of halogens is 3. The van der Waals surface area contributed by atoms with Gasteiger partial charge >= 0.3 is 0 Å². The van der Waals surface area contributed by atoms with Crippen molar-refractivity contribution in [2.45, 2.75) is 0 Å². The summed E-state index contributed by atoms with van der Waals surface area (Å²) in [6.07, 6.45) is 0. The number of rotatable bonds is 3. The smallest absolute Gasteiger partial charge is 0.221 e. The summed E-state index contributed by atoms with van der Waals surface area (Å²) in [4.78, 5) is 0. The zero-order valence-corrected chi connectivity index (χ0v) is 27.4. The van der Waals surface area contributed by atoms with Gasteiger partial charge in [0.05, 0.1) is 32.8 Å². The number of hydrogen-bond donors (Lipinski definition) is 0. The van der Waals surface area contributed by atoms with Crippen LogP contribution in [0.2, 0.25) is 0 Å². The molecule has 0 atom stereocenters. The fourth-order valence-corrected chi connectivity index (χ4v) is 7.63. The minimum absolute atomic E-state index is 1.06. The predicted octanol–water partition coefficient (Wildman–Crippen LogP) is 11.0. The highest BCUT2D eigenvalue weighted by Gasteiger charge is 2.32. The van der Waals surface area contributed by atoms with Crippen molar-refractivity contribution in [2.75, 3.05) is 0 Å². The second-order valence-corrected chi connectivity index (χ2v) is 13.6. The van der Waals surface area contributed by atoms with E-state index in [0.29, 0.717) is 0 Å². The van der Waals surface area contributed by atoms with Gasteiger partial charge in [0.15, 0.2) is 0 Å². The molecule has 7 aromatic rings. The first kappa shape index (κ1) is 25.5. The van der Waals surface area contributed by atoms with Crippen molar-refractivity contribution >= 4 is 91.7 Å². The SMILES string of the molecule is Brc1ccc(-n2c3cccc4c3-c3c5c2cccc5[n+](-c2ccc(Br)cc2)c2cccc(c32)n4-c2ccc(Br)cc2)cc1. The van der Waals surface area contributed by atoms with Gasteiger partial charge in [-0.25, -0.2) is 0 Å². The first-order valence-corrected chi connectivity index (χ1v) is 16.4. The molecule has 6 aromatic carbocycles. The lowest BCUT2D eigenvalue weighted by Gasteiger charge is -2.28. The maximum atomic E-state index is 3.65. The molecule has 0 unspecified atom stereocenters. The number of benzene rings is 6. The summed E-state index contributed by atoms with van der Waals surface area (Å²) in [5.74, 6) is 0. The van der Waals surface area contributed by atoms with Gasteiger partial charge in [0, 0.05) is 60.2 Å². The molecule has 6 heteroatoms. The highest BCUT2D eigenvalue weighted by Crippen LogP contribution is 2.48. The highest BCUT2D eigenvalue weighted by molar-refractivity contribution is 9.11. The molecule has 0 spiro atoms. The molecule has 204 valence electrons. The molecule has 2 aliphatic rings. The largest absolute Gasteiger partial charge is 0.309 e. The Morgan fingerprint density at radius 3 is 1.26 bits per heavy atom. The summed E-state index contributed by atoms with van der Waals surface area (Å²) in [6.45, 7) is 0. The van der Waals surface area contributed by atoms with Crippen molar-refractivity contribution in [1.29, 1.82) is 0 Å². The molecule has 0 bridgehead atoms. The molecule has 9 rings (SSSR count). The molecule has 0 N–H and O–H groups in total. The van der Waals surface area contributed by atoms with Crippen LogP contribution in [0.4, 0.5) is 0 Å². The van der Waals surface area contributed by atoms with E-state index in [2.05, 4.69) is 189 Å². The van der Waals surface area contributed by atoms with Crippen molar-refractivity contribution in [3.8, 4) is 28.2 Å². The Kier molecular flexibility index (Phi) is 5.65. The minimum atomic E-state index is 1.06. The molecule has 0 saturated carbocycles. The van der Waals surface area contributed by atoms with E-state index in [1.54, 1.807) is 0 Å². The van der Waals surface area contributed by atoms with Crippen molar-refractivity contribution in [2.24, 2.45) is 0 Å². The van der Waals surface area contributed by atoms with Gasteiger partial charge in [-0.1, -0.05) is 66.0 Å². The van der Waals surface area contributed by atoms with E-state index in [-0.39, 0.29) is 0 Å². The van der Waals surface area contributed by atoms with Gasteiger partial charge in [-0.3, -0.25) is 0 Å². The highest BCUT2D eigenvalue weighted by atomic mass is 79.9. The van der Waals surface area contributed by atoms with E-state index in [1.807, 2.05) is 0 Å². The Morgan fingerprint density at radius 2 is 0.791 bits per heavy atom. The molecule has 0 amide bonds. The summed E-state index contributed by atoms with van der Waals surface area (Å²) in [6, 6.07) is 46.0. The van der Waals surface area contributed by atoms with Gasteiger partial charge < -0.3 is 9.13 Å². The second kappa shape index (κ2) is 9.52. The summed E-state index contributed by atoms with van der Waals surface area (Å²) >= 11 is 10.9. The molecule has 2 aliphatic heterocycles. The molecular weight excluding hydrogens is 726 g/mol. The Bertz CT molecular complexity index is 2310. The Labute approximate surface area is 272 Å². The summed E-state index contributed by atoms with van der Waals surface area (Å²) in [5, 5.41) is 2.51. The van der Waals surface area contributed by atoms with E-state index >= 15 is 0 Å². The zero-order valence-electron chi connectivity index (χ0n) is 22.6. The van der Waals surface area contributed by atoms with Crippen LogP contribution in [0, 0.1) is 0 Å². The average molecular weight is 747 g/mol. The van der Waals surface area contributed by atoms with Crippen LogP contribution in [-0.4, -0.2) is 9.13 Å². The first-order valence-electron chi connectivity index (χ1n) is 14.0. The van der Waals surface area contributed by atoms with E-state index in [4.69, 9.17) is 0 Å². The molecule has 0 saturated heterocycles. The number of hydrogen-bond acceptors (Lipinski definition) is 0. The monoisotopic (exact) mass is 744 g/mol. The van der Waals surface area contributed by atoms with Crippen LogP contribution in [0.5, 0.6) is 0 Å². The van der Waals surface area contributed by atoms with Crippen LogP contribution in [-0.2, 0) is 0 Å². The standard InChI is InChI=1S/C37H21Br3N3/c38-22-10-16-25(17-11-22)41-28-4-1-5-29-34(28)37-35-30(41)6-2-8-32(35)43(27-20-14-24(40)15-21-27)33-9-3-7-31(36(33)37)42(29)26-18-12-23(39)13-19-26/h1-21H/q+1. The second-order valence-electron chi connectivity index (χ2n) is 10.8. The van der Waals surface area contributed by atoms with E-state index in [9.17, 15) is 0 Å². The topological polar surface area (TPSA) is 13.7 Å². The Morgan fingerprint density at radius 1 is 0.395 bits per heavy atom. The van der Waals surface area contributed by atoms with Crippen molar-refractivity contribution in [1.82, 2.24) is 9.13 Å². The lowest BCUT2D eigenvalue weighted by molar-refractivity contribution is -0.537. The summed E-state index contributed by atoms with van der Waals surface area (Å²) in [7, 11) is 0. The fraction of sp³-hybridized carbons (Fsp3) is 0. The van der Waals surface area contributed by atoms with Gasteiger partial charge in [0.25, 0.3) is 0 Å². The fourth-order valence-electron chi connectivity index (χ4n) is 6.84. The third kappa shape index (κ3) is 3.67. The molecule has 0 aliphatic carbocycles. The maximum Gasteiger partial charge on any atom is 0.221 e. The van der Waals surface area contributed by atoms with Gasteiger partial charge in [-0.05, 0) is 84.9 Å². The minimum Gasteiger partial charge on any atom is -0.309 e. The third-order valence-electron chi connectivity index (χ3n) is 8.51. The Balaban J connectivity index is 1.60. The van der Waals surface area contributed by atoms with Crippen molar-refractivity contribution in [3.05, 3.63) is 141 Å². The van der Waals surface area contributed by atoms with Gasteiger partial charge in [-0.15, -0.1) is 0 Å². The van der Waals surface area contributed by atoms with Crippen LogP contribution in [0.15, 0.2) is 141 Å². The number of aromatic nitrogens is 3. The van der Waals surface area contributed by atoms with Gasteiger partial charge in [0.2, 0.25) is 16.7 Å².